The summed E-state index contributed by atoms with van der Waals surface area (Å²) in [6.45, 7) is 14.2. The first-order valence-electron chi connectivity index (χ1n) is 11.9. The maximum atomic E-state index is 12.4. The monoisotopic (exact) mass is 451 g/mol. The lowest BCUT2D eigenvalue weighted by Crippen LogP contribution is -2.30. The number of phenols is 1. The molecule has 0 unspecified atom stereocenters. The van der Waals surface area contributed by atoms with Crippen LogP contribution in [0.3, 0.4) is 0 Å². The Morgan fingerprint density at radius 2 is 1.73 bits per heavy atom. The average Bonchev–Trinajstić information content (AvgIpc) is 3.21. The Bertz CT molecular complexity index is 1050. The van der Waals surface area contributed by atoms with Crippen LogP contribution in [0.15, 0.2) is 36.4 Å². The number of hydrogen-bond acceptors (Lipinski definition) is 5. The summed E-state index contributed by atoms with van der Waals surface area (Å²) in [5.41, 5.74) is 3.60. The second kappa shape index (κ2) is 10.8. The Hall–Kier alpha value is -2.93. The van der Waals surface area contributed by atoms with E-state index in [0.29, 0.717) is 25.1 Å². The smallest absolute Gasteiger partial charge is 0.220 e. The number of amides is 1. The van der Waals surface area contributed by atoms with Crippen molar-refractivity contribution in [1.29, 1.82) is 0 Å². The fourth-order valence-corrected chi connectivity index (χ4v) is 3.93. The highest BCUT2D eigenvalue weighted by Crippen LogP contribution is 2.36. The van der Waals surface area contributed by atoms with Gasteiger partial charge < -0.3 is 15.3 Å². The minimum Gasteiger partial charge on any atom is -0.505 e. The van der Waals surface area contributed by atoms with E-state index in [1.165, 1.54) is 4.80 Å². The van der Waals surface area contributed by atoms with Crippen molar-refractivity contribution in [2.45, 2.75) is 59.3 Å². The Balaban J connectivity index is 1.74. The molecule has 0 spiro atoms. The molecular weight excluding hydrogens is 414 g/mol. The van der Waals surface area contributed by atoms with Gasteiger partial charge in [-0.05, 0) is 61.7 Å². The second-order valence-electron chi connectivity index (χ2n) is 9.47. The number of benzene rings is 2. The van der Waals surface area contributed by atoms with Crippen LogP contribution < -0.4 is 5.32 Å². The van der Waals surface area contributed by atoms with E-state index in [2.05, 4.69) is 55.0 Å². The van der Waals surface area contributed by atoms with Crippen molar-refractivity contribution in [3.05, 3.63) is 47.5 Å². The van der Waals surface area contributed by atoms with E-state index in [1.54, 1.807) is 0 Å². The van der Waals surface area contributed by atoms with Gasteiger partial charge in [0.15, 0.2) is 0 Å². The molecule has 3 aromatic rings. The van der Waals surface area contributed by atoms with Gasteiger partial charge in [0.1, 0.15) is 22.5 Å². The van der Waals surface area contributed by atoms with Crippen LogP contribution in [-0.4, -0.2) is 57.1 Å². The molecule has 0 aliphatic rings. The lowest BCUT2D eigenvalue weighted by atomic mass is 9.84. The third-order valence-corrected chi connectivity index (χ3v) is 5.97. The topological polar surface area (TPSA) is 83.3 Å². The first kappa shape index (κ1) is 24.7. The number of phenolic OH excluding ortho intramolecular Hbond substituents is 1. The Labute approximate surface area is 196 Å². The lowest BCUT2D eigenvalue weighted by Gasteiger charge is -2.23. The number of nitrogens with zero attached hydrogens (tertiary/aromatic N) is 4. The number of fused-ring (bicyclic) bond motifs is 1. The van der Waals surface area contributed by atoms with Crippen molar-refractivity contribution in [3.63, 3.8) is 0 Å². The summed E-state index contributed by atoms with van der Waals surface area (Å²) in [6.07, 6.45) is 1.93. The molecule has 0 fully saturated rings. The largest absolute Gasteiger partial charge is 0.505 e. The van der Waals surface area contributed by atoms with Crippen molar-refractivity contribution < 1.29 is 9.90 Å². The van der Waals surface area contributed by atoms with Gasteiger partial charge in [-0.2, -0.15) is 0 Å². The van der Waals surface area contributed by atoms with Crippen LogP contribution in [0.1, 0.15) is 58.6 Å². The minimum atomic E-state index is -0.270. The summed E-state index contributed by atoms with van der Waals surface area (Å²) in [5.74, 6) is 0.219. The van der Waals surface area contributed by atoms with Crippen molar-refractivity contribution in [1.82, 2.24) is 25.2 Å². The SMILES string of the molecule is CCN(CC)CCCNC(=O)CCc1cc(-n2nc3ccccc3n2)c(O)c(C(C)(C)C)c1. The average molecular weight is 452 g/mol. The van der Waals surface area contributed by atoms with E-state index in [1.807, 2.05) is 36.4 Å². The van der Waals surface area contributed by atoms with Gasteiger partial charge in [0.2, 0.25) is 5.91 Å². The molecule has 7 heteroatoms. The maximum absolute atomic E-state index is 12.4. The molecule has 1 aromatic heterocycles. The van der Waals surface area contributed by atoms with Crippen LogP contribution in [0, 0.1) is 0 Å². The number of rotatable bonds is 10. The molecule has 0 radical (unpaired) electrons. The van der Waals surface area contributed by atoms with E-state index in [4.69, 9.17) is 0 Å². The van der Waals surface area contributed by atoms with E-state index in [9.17, 15) is 9.90 Å². The Morgan fingerprint density at radius 3 is 2.30 bits per heavy atom. The summed E-state index contributed by atoms with van der Waals surface area (Å²) >= 11 is 0. The molecule has 2 N–H and O–H groups in total. The van der Waals surface area contributed by atoms with Crippen molar-refractivity contribution >= 4 is 16.9 Å². The van der Waals surface area contributed by atoms with Gasteiger partial charge >= 0.3 is 0 Å². The summed E-state index contributed by atoms with van der Waals surface area (Å²) < 4.78 is 0. The zero-order chi connectivity index (χ0) is 24.0. The predicted octanol–water partition coefficient (Wildman–Crippen LogP) is 4.20. The minimum absolute atomic E-state index is 0.0458. The molecule has 1 heterocycles. The zero-order valence-electron chi connectivity index (χ0n) is 20.6. The van der Waals surface area contributed by atoms with E-state index in [-0.39, 0.29) is 17.1 Å². The van der Waals surface area contributed by atoms with Crippen LogP contribution in [-0.2, 0) is 16.6 Å². The molecule has 3 rings (SSSR count). The number of carbonyl (C=O) groups is 1. The van der Waals surface area contributed by atoms with Crippen molar-refractivity contribution in [2.24, 2.45) is 0 Å². The van der Waals surface area contributed by atoms with Gasteiger partial charge in [0.25, 0.3) is 0 Å². The summed E-state index contributed by atoms with van der Waals surface area (Å²) in [5, 5.41) is 23.2. The first-order valence-corrected chi connectivity index (χ1v) is 11.9. The number of aromatic nitrogens is 3. The van der Waals surface area contributed by atoms with Crippen LogP contribution >= 0.6 is 0 Å². The fraction of sp³-hybridized carbons (Fsp3) is 0.500. The molecule has 1 amide bonds. The van der Waals surface area contributed by atoms with E-state index in [0.717, 1.165) is 48.2 Å². The van der Waals surface area contributed by atoms with Crippen LogP contribution in [0.25, 0.3) is 16.7 Å². The molecule has 0 aliphatic heterocycles. The van der Waals surface area contributed by atoms with Crippen molar-refractivity contribution in [3.8, 4) is 11.4 Å². The normalized spacial score (nSPS) is 11.9. The van der Waals surface area contributed by atoms with Gasteiger partial charge in [-0.25, -0.2) is 0 Å². The van der Waals surface area contributed by atoms with Crippen LogP contribution in [0.5, 0.6) is 5.75 Å². The molecular formula is C26H37N5O2. The number of aryl methyl sites for hydroxylation is 1. The second-order valence-corrected chi connectivity index (χ2v) is 9.47. The number of carbonyl (C=O) groups excluding carboxylic acids is 1. The van der Waals surface area contributed by atoms with Gasteiger partial charge in [0, 0.05) is 18.5 Å². The van der Waals surface area contributed by atoms with Gasteiger partial charge in [-0.15, -0.1) is 15.0 Å². The molecule has 0 saturated heterocycles. The van der Waals surface area contributed by atoms with Gasteiger partial charge in [0.05, 0.1) is 0 Å². The third kappa shape index (κ3) is 6.32. The highest BCUT2D eigenvalue weighted by molar-refractivity contribution is 5.76. The zero-order valence-corrected chi connectivity index (χ0v) is 20.6. The van der Waals surface area contributed by atoms with Gasteiger partial charge in [-0.3, -0.25) is 4.79 Å². The number of hydrogen-bond donors (Lipinski definition) is 2. The lowest BCUT2D eigenvalue weighted by molar-refractivity contribution is -0.121. The maximum Gasteiger partial charge on any atom is 0.220 e. The Morgan fingerprint density at radius 1 is 1.09 bits per heavy atom. The molecule has 0 aliphatic carbocycles. The summed E-state index contributed by atoms with van der Waals surface area (Å²) in [7, 11) is 0. The predicted molar refractivity (Wildman–Crippen MR) is 133 cm³/mol. The van der Waals surface area contributed by atoms with Crippen molar-refractivity contribution in [2.75, 3.05) is 26.2 Å². The standard InChI is InChI=1S/C26H37N5O2/c1-6-30(7-2)16-10-15-27-24(32)14-13-19-17-20(26(3,4)5)25(33)23(18-19)31-28-21-11-8-9-12-22(21)29-31/h8-9,11-12,17-18,33H,6-7,10,13-16H2,1-5H3,(H,27,32). The third-order valence-electron chi connectivity index (χ3n) is 5.97. The molecule has 0 atom stereocenters. The number of aromatic hydroxyl groups is 1. The summed E-state index contributed by atoms with van der Waals surface area (Å²) in [6, 6.07) is 11.5. The summed E-state index contributed by atoms with van der Waals surface area (Å²) in [4.78, 5) is 16.3. The van der Waals surface area contributed by atoms with Crippen LogP contribution in [0.4, 0.5) is 0 Å². The molecule has 178 valence electrons. The highest BCUT2D eigenvalue weighted by atomic mass is 16.3. The molecule has 2 aromatic carbocycles. The number of nitrogens with one attached hydrogen (secondary N) is 1. The quantitative estimate of drug-likeness (QED) is 0.451. The van der Waals surface area contributed by atoms with E-state index < -0.39 is 0 Å². The molecule has 0 saturated carbocycles. The molecule has 0 bridgehead atoms. The first-order chi connectivity index (χ1) is 15.7. The van der Waals surface area contributed by atoms with Crippen LogP contribution in [0.2, 0.25) is 0 Å². The Kier molecular flexibility index (Phi) is 8.08. The fourth-order valence-electron chi connectivity index (χ4n) is 3.93. The van der Waals surface area contributed by atoms with Gasteiger partial charge in [-0.1, -0.05) is 52.8 Å². The molecule has 7 nitrogen and oxygen atoms in total. The van der Waals surface area contributed by atoms with E-state index >= 15 is 0 Å². The highest BCUT2D eigenvalue weighted by Gasteiger charge is 2.23. The molecule has 33 heavy (non-hydrogen) atoms.